The quantitative estimate of drug-likeness (QED) is 0.786. The lowest BCUT2D eigenvalue weighted by molar-refractivity contribution is 0.0566. The highest BCUT2D eigenvalue weighted by Crippen LogP contribution is 2.28. The lowest BCUT2D eigenvalue weighted by Gasteiger charge is -1.96. The number of hydrogen-bond donors (Lipinski definition) is 1. The third-order valence-corrected chi connectivity index (χ3v) is 3.09. The van der Waals surface area contributed by atoms with Crippen LogP contribution in [0, 0.1) is 0 Å². The average molecular weight is 313 g/mol. The summed E-state index contributed by atoms with van der Waals surface area (Å²) in [5.74, 6) is 0. The van der Waals surface area contributed by atoms with Gasteiger partial charge in [-0.2, -0.15) is 19.0 Å². The average Bonchev–Trinajstić information content (AvgIpc) is 2.93. The predicted molar refractivity (Wildman–Crippen MR) is 66.3 cm³/mol. The van der Waals surface area contributed by atoms with E-state index in [4.69, 9.17) is 0 Å². The van der Waals surface area contributed by atoms with Gasteiger partial charge in [-0.1, -0.05) is 15.9 Å². The number of benzene rings is 1. The molecule has 1 N–H and O–H groups in total. The largest absolute Gasteiger partial charge is 0.333 e. The maximum absolute atomic E-state index is 12.5. The molecule has 0 atom stereocenters. The standard InChI is InChI=1S/C11H7BrF2N4/c12-7-1-2-9-8(3-7)10(17-16-9)6-4-15-18(5-6)11(13)14/h1-5,11H,(H,16,17). The van der Waals surface area contributed by atoms with Crippen molar-refractivity contribution in [3.8, 4) is 11.3 Å². The summed E-state index contributed by atoms with van der Waals surface area (Å²) >= 11 is 3.37. The summed E-state index contributed by atoms with van der Waals surface area (Å²) in [6.07, 6.45) is 2.66. The van der Waals surface area contributed by atoms with E-state index in [1.165, 1.54) is 12.4 Å². The van der Waals surface area contributed by atoms with E-state index in [1.54, 1.807) is 0 Å². The predicted octanol–water partition coefficient (Wildman–Crippen LogP) is 3.58. The summed E-state index contributed by atoms with van der Waals surface area (Å²) < 4.78 is 26.4. The van der Waals surface area contributed by atoms with E-state index < -0.39 is 6.55 Å². The van der Waals surface area contributed by atoms with E-state index in [0.717, 1.165) is 15.4 Å². The zero-order valence-corrected chi connectivity index (χ0v) is 10.5. The van der Waals surface area contributed by atoms with Crippen molar-refractivity contribution >= 4 is 26.8 Å². The Morgan fingerprint density at radius 1 is 1.33 bits per heavy atom. The molecule has 18 heavy (non-hydrogen) atoms. The van der Waals surface area contributed by atoms with Crippen LogP contribution in [-0.2, 0) is 0 Å². The minimum absolute atomic E-state index is 0.555. The first-order valence-electron chi connectivity index (χ1n) is 5.11. The first kappa shape index (κ1) is 11.3. The number of fused-ring (bicyclic) bond motifs is 1. The monoisotopic (exact) mass is 312 g/mol. The smallest absolute Gasteiger partial charge is 0.277 e. The van der Waals surface area contributed by atoms with Crippen molar-refractivity contribution in [3.63, 3.8) is 0 Å². The summed E-state index contributed by atoms with van der Waals surface area (Å²) in [6, 6.07) is 5.63. The minimum atomic E-state index is -2.64. The molecular formula is C11H7BrF2N4. The van der Waals surface area contributed by atoms with Crippen LogP contribution < -0.4 is 0 Å². The Kier molecular flexibility index (Phi) is 2.62. The summed E-state index contributed by atoms with van der Waals surface area (Å²) in [6.45, 7) is -2.64. The van der Waals surface area contributed by atoms with Crippen LogP contribution >= 0.6 is 15.9 Å². The molecule has 2 aromatic heterocycles. The number of rotatable bonds is 2. The van der Waals surface area contributed by atoms with Gasteiger partial charge >= 0.3 is 6.55 Å². The van der Waals surface area contributed by atoms with E-state index in [-0.39, 0.29) is 0 Å². The molecule has 0 aliphatic rings. The molecule has 3 aromatic rings. The summed E-state index contributed by atoms with van der Waals surface area (Å²) in [4.78, 5) is 0. The first-order chi connectivity index (χ1) is 8.65. The maximum Gasteiger partial charge on any atom is 0.333 e. The Morgan fingerprint density at radius 2 is 2.17 bits per heavy atom. The summed E-state index contributed by atoms with van der Waals surface area (Å²) in [5.41, 5.74) is 2.01. The van der Waals surface area contributed by atoms with Gasteiger partial charge in [0.25, 0.3) is 0 Å². The Labute approximate surface area is 109 Å². The molecule has 1 aromatic carbocycles. The first-order valence-corrected chi connectivity index (χ1v) is 5.91. The zero-order chi connectivity index (χ0) is 12.7. The van der Waals surface area contributed by atoms with E-state index in [0.29, 0.717) is 15.9 Å². The van der Waals surface area contributed by atoms with E-state index in [9.17, 15) is 8.78 Å². The summed E-state index contributed by atoms with van der Waals surface area (Å²) in [5, 5.41) is 11.5. The summed E-state index contributed by atoms with van der Waals surface area (Å²) in [7, 11) is 0. The van der Waals surface area contributed by atoms with Crippen molar-refractivity contribution in [2.24, 2.45) is 0 Å². The molecule has 3 rings (SSSR count). The Morgan fingerprint density at radius 3 is 2.89 bits per heavy atom. The number of hydrogen-bond acceptors (Lipinski definition) is 2. The van der Waals surface area contributed by atoms with Crippen molar-refractivity contribution in [1.82, 2.24) is 20.0 Å². The van der Waals surface area contributed by atoms with Crippen LogP contribution in [-0.4, -0.2) is 20.0 Å². The van der Waals surface area contributed by atoms with Crippen LogP contribution in [0.3, 0.4) is 0 Å². The third-order valence-electron chi connectivity index (χ3n) is 2.60. The fraction of sp³-hybridized carbons (Fsp3) is 0.0909. The second kappa shape index (κ2) is 4.16. The van der Waals surface area contributed by atoms with Crippen LogP contribution in [0.25, 0.3) is 22.2 Å². The van der Waals surface area contributed by atoms with Crippen LogP contribution in [0.1, 0.15) is 6.55 Å². The second-order valence-corrected chi connectivity index (χ2v) is 4.66. The number of H-pyrrole nitrogens is 1. The van der Waals surface area contributed by atoms with E-state index in [2.05, 4.69) is 31.2 Å². The van der Waals surface area contributed by atoms with Gasteiger partial charge in [-0.25, -0.2) is 4.68 Å². The molecule has 0 radical (unpaired) electrons. The minimum Gasteiger partial charge on any atom is -0.277 e. The van der Waals surface area contributed by atoms with Gasteiger partial charge in [-0.05, 0) is 18.2 Å². The van der Waals surface area contributed by atoms with Gasteiger partial charge < -0.3 is 0 Å². The Balaban J connectivity index is 2.15. The van der Waals surface area contributed by atoms with Gasteiger partial charge in [-0.15, -0.1) is 0 Å². The second-order valence-electron chi connectivity index (χ2n) is 3.75. The van der Waals surface area contributed by atoms with Crippen molar-refractivity contribution in [3.05, 3.63) is 35.1 Å². The number of alkyl halides is 2. The molecule has 2 heterocycles. The van der Waals surface area contributed by atoms with Crippen molar-refractivity contribution < 1.29 is 8.78 Å². The fourth-order valence-corrected chi connectivity index (χ4v) is 2.13. The molecule has 0 aliphatic heterocycles. The molecule has 7 heteroatoms. The normalized spacial score (nSPS) is 11.6. The molecule has 4 nitrogen and oxygen atoms in total. The van der Waals surface area contributed by atoms with Crippen molar-refractivity contribution in [2.45, 2.75) is 6.55 Å². The lowest BCUT2D eigenvalue weighted by Crippen LogP contribution is -1.96. The van der Waals surface area contributed by atoms with Crippen LogP contribution in [0.15, 0.2) is 35.1 Å². The number of aromatic amines is 1. The van der Waals surface area contributed by atoms with Gasteiger partial charge in [0.05, 0.1) is 11.7 Å². The van der Waals surface area contributed by atoms with E-state index in [1.807, 2.05) is 18.2 Å². The third kappa shape index (κ3) is 1.80. The molecule has 0 unspecified atom stereocenters. The van der Waals surface area contributed by atoms with E-state index >= 15 is 0 Å². The highest BCUT2D eigenvalue weighted by molar-refractivity contribution is 9.10. The van der Waals surface area contributed by atoms with Crippen LogP contribution in [0.5, 0.6) is 0 Å². The maximum atomic E-state index is 12.5. The number of halogens is 3. The fourth-order valence-electron chi connectivity index (χ4n) is 1.77. The number of aromatic nitrogens is 4. The van der Waals surface area contributed by atoms with Gasteiger partial charge in [0.15, 0.2) is 0 Å². The lowest BCUT2D eigenvalue weighted by atomic mass is 10.1. The van der Waals surface area contributed by atoms with Gasteiger partial charge in [0.2, 0.25) is 0 Å². The SMILES string of the molecule is FC(F)n1cc(-c2n[nH]c3ccc(Br)cc23)cn1. The number of nitrogens with zero attached hydrogens (tertiary/aromatic N) is 3. The zero-order valence-electron chi connectivity index (χ0n) is 8.94. The van der Waals surface area contributed by atoms with Crippen molar-refractivity contribution in [2.75, 3.05) is 0 Å². The van der Waals surface area contributed by atoms with Crippen LogP contribution in [0.4, 0.5) is 8.78 Å². The van der Waals surface area contributed by atoms with Gasteiger partial charge in [-0.3, -0.25) is 5.10 Å². The molecule has 0 fully saturated rings. The van der Waals surface area contributed by atoms with Crippen molar-refractivity contribution in [1.29, 1.82) is 0 Å². The Hall–Kier alpha value is -1.76. The molecule has 92 valence electrons. The molecular weight excluding hydrogens is 306 g/mol. The topological polar surface area (TPSA) is 46.5 Å². The van der Waals surface area contributed by atoms with Gasteiger partial charge in [0.1, 0.15) is 5.69 Å². The molecule has 0 bridgehead atoms. The Bertz CT molecular complexity index is 704. The molecule has 0 saturated carbocycles. The highest BCUT2D eigenvalue weighted by atomic mass is 79.9. The molecule has 0 saturated heterocycles. The molecule has 0 aliphatic carbocycles. The molecule has 0 spiro atoms. The number of nitrogens with one attached hydrogen (secondary N) is 1. The molecule has 0 amide bonds. The van der Waals surface area contributed by atoms with Gasteiger partial charge in [0, 0.05) is 21.6 Å². The highest BCUT2D eigenvalue weighted by Gasteiger charge is 2.13. The van der Waals surface area contributed by atoms with Crippen LogP contribution in [0.2, 0.25) is 0 Å².